The number of aliphatic hydroxyl groups excluding tert-OH is 2. The maximum atomic E-state index is 12.7. The third-order valence-corrected chi connectivity index (χ3v) is 12.2. The van der Waals surface area contributed by atoms with Crippen molar-refractivity contribution < 1.29 is 57.1 Å². The minimum Gasteiger partial charge on any atom is -0.462 e. The first-order valence-corrected chi connectivity index (χ1v) is 25.0. The highest BCUT2D eigenvalue weighted by atomic mass is 31.2. The quantitative estimate of drug-likeness (QED) is 0.0177. The number of ketones is 1. The number of rotatable bonds is 39. The van der Waals surface area contributed by atoms with Crippen LogP contribution in [0.2, 0.25) is 0 Å². The Balaban J connectivity index is 2.44. The van der Waals surface area contributed by atoms with Gasteiger partial charge in [-0.05, 0) is 31.6 Å². The SMILES string of the molecule is CCCCCCCCCCCCCCCCCC(=O)O[C@H](COC(=O)CCCCCC[C@H]1[C@@H](O)CC(=O)[C@@H]1/C=C/[C@@H](O)CCCCC)COP(=O)(O)OCC[N+](C)(C)C. The Morgan fingerprint density at radius 3 is 1.81 bits per heavy atom. The van der Waals surface area contributed by atoms with E-state index in [2.05, 4.69) is 13.8 Å². The summed E-state index contributed by atoms with van der Waals surface area (Å²) < 4.78 is 34.3. The highest BCUT2D eigenvalue weighted by Crippen LogP contribution is 2.43. The zero-order valence-electron chi connectivity index (χ0n) is 38.0. The minimum absolute atomic E-state index is 0.00374. The number of quaternary nitrogens is 1. The molecule has 0 bridgehead atoms. The number of aliphatic hydroxyl groups is 2. The maximum Gasteiger partial charge on any atom is 0.472 e. The Labute approximate surface area is 358 Å². The molecule has 1 unspecified atom stereocenters. The van der Waals surface area contributed by atoms with Crippen LogP contribution in [0.4, 0.5) is 0 Å². The summed E-state index contributed by atoms with van der Waals surface area (Å²) in [5, 5.41) is 20.8. The molecule has 1 aliphatic carbocycles. The average Bonchev–Trinajstić information content (AvgIpc) is 3.44. The number of carbonyl (C=O) groups is 3. The van der Waals surface area contributed by atoms with E-state index in [0.717, 1.165) is 57.8 Å². The molecule has 0 radical (unpaired) electrons. The predicted molar refractivity (Wildman–Crippen MR) is 235 cm³/mol. The summed E-state index contributed by atoms with van der Waals surface area (Å²) in [4.78, 5) is 48.2. The van der Waals surface area contributed by atoms with Gasteiger partial charge in [0.2, 0.25) is 0 Å². The molecule has 0 aromatic carbocycles. The molecule has 1 fully saturated rings. The van der Waals surface area contributed by atoms with Crippen molar-refractivity contribution in [2.75, 3.05) is 47.5 Å². The summed E-state index contributed by atoms with van der Waals surface area (Å²) in [5.41, 5.74) is 0. The summed E-state index contributed by atoms with van der Waals surface area (Å²) in [6, 6.07) is 0. The first-order valence-electron chi connectivity index (χ1n) is 23.5. The average molecular weight is 861 g/mol. The number of ether oxygens (including phenoxy) is 2. The number of hydrogen-bond acceptors (Lipinski definition) is 10. The van der Waals surface area contributed by atoms with Gasteiger partial charge in [-0.2, -0.15) is 0 Å². The molecule has 0 aromatic heterocycles. The molecule has 0 amide bonds. The molecule has 0 aliphatic heterocycles. The number of unbranched alkanes of at least 4 members (excludes halogenated alkanes) is 19. The molecule has 13 heteroatoms. The normalized spacial score (nSPS) is 19.3. The van der Waals surface area contributed by atoms with Crippen LogP contribution < -0.4 is 0 Å². The van der Waals surface area contributed by atoms with Gasteiger partial charge in [-0.1, -0.05) is 154 Å². The zero-order valence-corrected chi connectivity index (χ0v) is 38.9. The van der Waals surface area contributed by atoms with E-state index < -0.39 is 44.7 Å². The summed E-state index contributed by atoms with van der Waals surface area (Å²) in [7, 11) is 1.36. The summed E-state index contributed by atoms with van der Waals surface area (Å²) in [6.45, 7) is 4.07. The first-order chi connectivity index (χ1) is 28.2. The predicted octanol–water partition coefficient (Wildman–Crippen LogP) is 9.95. The van der Waals surface area contributed by atoms with E-state index in [1.165, 1.54) is 70.6 Å². The monoisotopic (exact) mass is 861 g/mol. The lowest BCUT2D eigenvalue weighted by Crippen LogP contribution is -2.37. The van der Waals surface area contributed by atoms with E-state index in [9.17, 15) is 34.1 Å². The van der Waals surface area contributed by atoms with Gasteiger partial charge in [0, 0.05) is 25.2 Å². The van der Waals surface area contributed by atoms with Gasteiger partial charge in [0.15, 0.2) is 6.10 Å². The lowest BCUT2D eigenvalue weighted by Gasteiger charge is -2.24. The second-order valence-corrected chi connectivity index (χ2v) is 19.4. The van der Waals surface area contributed by atoms with E-state index in [-0.39, 0.29) is 50.1 Å². The molecule has 1 saturated carbocycles. The van der Waals surface area contributed by atoms with Crippen LogP contribution in [0.5, 0.6) is 0 Å². The van der Waals surface area contributed by atoms with Crippen molar-refractivity contribution in [3.8, 4) is 0 Å². The van der Waals surface area contributed by atoms with E-state index in [4.69, 9.17) is 18.5 Å². The molecule has 3 N–H and O–H groups in total. The lowest BCUT2D eigenvalue weighted by molar-refractivity contribution is -0.870. The lowest BCUT2D eigenvalue weighted by atomic mass is 9.88. The maximum absolute atomic E-state index is 12.7. The molecule has 1 aliphatic rings. The van der Waals surface area contributed by atoms with Crippen molar-refractivity contribution in [2.24, 2.45) is 11.8 Å². The Morgan fingerprint density at radius 2 is 1.25 bits per heavy atom. The van der Waals surface area contributed by atoms with E-state index in [0.29, 0.717) is 36.7 Å². The number of phosphoric acid groups is 1. The van der Waals surface area contributed by atoms with Crippen molar-refractivity contribution in [1.29, 1.82) is 0 Å². The summed E-state index contributed by atoms with van der Waals surface area (Å²) >= 11 is 0. The van der Waals surface area contributed by atoms with Gasteiger partial charge in [-0.15, -0.1) is 0 Å². The van der Waals surface area contributed by atoms with E-state index in [1.54, 1.807) is 12.2 Å². The van der Waals surface area contributed by atoms with Crippen LogP contribution in [0.3, 0.4) is 0 Å². The number of allylic oxidation sites excluding steroid dienone is 1. The van der Waals surface area contributed by atoms with Gasteiger partial charge in [-0.3, -0.25) is 23.4 Å². The molecular weight excluding hydrogens is 773 g/mol. The minimum atomic E-state index is -4.43. The Morgan fingerprint density at radius 1 is 0.746 bits per heavy atom. The molecule has 0 heterocycles. The highest BCUT2D eigenvalue weighted by Gasteiger charge is 2.39. The van der Waals surface area contributed by atoms with Crippen molar-refractivity contribution in [3.05, 3.63) is 12.2 Å². The number of hydrogen-bond donors (Lipinski definition) is 3. The van der Waals surface area contributed by atoms with Crippen molar-refractivity contribution in [3.63, 3.8) is 0 Å². The zero-order chi connectivity index (χ0) is 43.8. The molecule has 0 spiro atoms. The fourth-order valence-corrected chi connectivity index (χ4v) is 8.19. The third-order valence-electron chi connectivity index (χ3n) is 11.2. The van der Waals surface area contributed by atoms with E-state index in [1.807, 2.05) is 21.1 Å². The fourth-order valence-electron chi connectivity index (χ4n) is 7.45. The van der Waals surface area contributed by atoms with Crippen molar-refractivity contribution >= 4 is 25.5 Å². The van der Waals surface area contributed by atoms with Crippen molar-refractivity contribution in [2.45, 2.75) is 206 Å². The van der Waals surface area contributed by atoms with Crippen LogP contribution in [-0.4, -0.2) is 103 Å². The Kier molecular flexibility index (Phi) is 31.8. The molecular formula is C46H87NO11P+. The van der Waals surface area contributed by atoms with Crippen LogP contribution >= 0.6 is 7.82 Å². The van der Waals surface area contributed by atoms with Gasteiger partial charge in [0.1, 0.15) is 25.5 Å². The third kappa shape index (κ3) is 30.9. The van der Waals surface area contributed by atoms with Gasteiger partial charge in [-0.25, -0.2) is 4.57 Å². The number of likely N-dealkylation sites (N-methyl/N-ethyl adjacent to an activating group) is 1. The largest absolute Gasteiger partial charge is 0.472 e. The standard InChI is InChI=1S/C46H86NO11P/c1-6-8-10-11-12-13-14-15-16-17-18-19-20-21-27-31-46(52)58-40(38-57-59(53,54)56-35-34-47(3,4)5)37-55-45(51)30-26-23-22-25-29-41-42(44(50)36-43(41)49)33-32-39(48)28-24-9-7-2/h32-33,39-43,48-49H,6-31,34-38H2,1-5H3/p+1/b33-32+/t39-,40+,41+,42+,43-/m0/s1. The van der Waals surface area contributed by atoms with Crippen LogP contribution in [-0.2, 0) is 37.5 Å². The van der Waals surface area contributed by atoms with Gasteiger partial charge < -0.3 is 29.1 Å². The number of nitrogens with zero attached hydrogens (tertiary/aromatic N) is 1. The Hall–Kier alpha value is -1.66. The molecule has 12 nitrogen and oxygen atoms in total. The second kappa shape index (κ2) is 33.9. The number of carbonyl (C=O) groups excluding carboxylic acids is 3. The van der Waals surface area contributed by atoms with Crippen LogP contribution in [0.15, 0.2) is 12.2 Å². The fraction of sp³-hybridized carbons (Fsp3) is 0.891. The Bertz CT molecular complexity index is 1180. The van der Waals surface area contributed by atoms with Crippen molar-refractivity contribution in [1.82, 2.24) is 0 Å². The second-order valence-electron chi connectivity index (χ2n) is 17.9. The summed E-state index contributed by atoms with van der Waals surface area (Å²) in [6.07, 6.45) is 27.3. The van der Waals surface area contributed by atoms with Crippen LogP contribution in [0, 0.1) is 11.8 Å². The molecule has 0 saturated heterocycles. The van der Waals surface area contributed by atoms with Crippen LogP contribution in [0.1, 0.15) is 187 Å². The smallest absolute Gasteiger partial charge is 0.462 e. The van der Waals surface area contributed by atoms with Gasteiger partial charge in [0.05, 0.1) is 40.0 Å². The number of phosphoric ester groups is 1. The van der Waals surface area contributed by atoms with Crippen LogP contribution in [0.25, 0.3) is 0 Å². The molecule has 6 atom stereocenters. The number of esters is 2. The molecule has 0 aromatic rings. The summed E-state index contributed by atoms with van der Waals surface area (Å²) in [5.74, 6) is -1.50. The van der Waals surface area contributed by atoms with E-state index >= 15 is 0 Å². The number of Topliss-reactive ketones (excluding diaryl/α,β-unsaturated/α-hetero) is 1. The molecule has 1 rings (SSSR count). The molecule has 346 valence electrons. The highest BCUT2D eigenvalue weighted by molar-refractivity contribution is 7.47. The van der Waals surface area contributed by atoms with Gasteiger partial charge in [0.25, 0.3) is 0 Å². The first kappa shape index (κ1) is 55.4. The topological polar surface area (TPSA) is 166 Å². The molecule has 59 heavy (non-hydrogen) atoms. The van der Waals surface area contributed by atoms with Gasteiger partial charge >= 0.3 is 19.8 Å².